The van der Waals surface area contributed by atoms with Crippen LogP contribution in [0.4, 0.5) is 21.9 Å². The van der Waals surface area contributed by atoms with Crippen molar-refractivity contribution < 1.29 is 19.1 Å². The number of anilines is 3. The van der Waals surface area contributed by atoms with Gasteiger partial charge in [0.2, 0.25) is 5.91 Å². The lowest BCUT2D eigenvalue weighted by Crippen LogP contribution is -2.44. The van der Waals surface area contributed by atoms with Crippen LogP contribution in [0.2, 0.25) is 0 Å². The molecule has 1 atom stereocenters. The van der Waals surface area contributed by atoms with Gasteiger partial charge in [0.1, 0.15) is 5.60 Å². The summed E-state index contributed by atoms with van der Waals surface area (Å²) in [5.41, 5.74) is 6.59. The molecule has 1 unspecified atom stereocenters. The van der Waals surface area contributed by atoms with Gasteiger partial charge in [-0.2, -0.15) is 0 Å². The van der Waals surface area contributed by atoms with Crippen LogP contribution < -0.4 is 16.0 Å². The Morgan fingerprint density at radius 1 is 1.19 bits per heavy atom. The molecule has 9 heteroatoms. The molecule has 37 heavy (non-hydrogen) atoms. The maximum atomic E-state index is 13.5. The standard InChI is InChI=1S/C27H30BrN3O4.CH5N/c1-26(2,3)35-25(34)30-13-7-8-18(15-30)29-17-11-12-20-23(14-17)31(24(33)27(20,4)5)22-10-6-9-21(28)19(22)16-32;1-2/h6-12,14,16,18,29H,13,15H2,1-5H3;2H2,1H3. The van der Waals surface area contributed by atoms with Gasteiger partial charge in [-0.15, -0.1) is 0 Å². The smallest absolute Gasteiger partial charge is 0.410 e. The largest absolute Gasteiger partial charge is 0.444 e. The van der Waals surface area contributed by atoms with Crippen molar-refractivity contribution in [2.24, 2.45) is 5.73 Å². The Bertz CT molecular complexity index is 1220. The van der Waals surface area contributed by atoms with Crippen molar-refractivity contribution in [1.29, 1.82) is 0 Å². The second kappa shape index (κ2) is 11.1. The lowest BCUT2D eigenvalue weighted by atomic mass is 9.86. The molecular weight excluding hydrogens is 536 g/mol. The molecule has 2 heterocycles. The summed E-state index contributed by atoms with van der Waals surface area (Å²) in [4.78, 5) is 41.2. The van der Waals surface area contributed by atoms with Crippen molar-refractivity contribution in [1.82, 2.24) is 4.90 Å². The maximum Gasteiger partial charge on any atom is 0.410 e. The minimum atomic E-state index is -0.741. The number of nitrogens with two attached hydrogens (primary N) is 1. The Morgan fingerprint density at radius 3 is 2.54 bits per heavy atom. The van der Waals surface area contributed by atoms with Crippen LogP contribution in [0.5, 0.6) is 0 Å². The van der Waals surface area contributed by atoms with Gasteiger partial charge in [0, 0.05) is 23.2 Å². The molecule has 0 radical (unpaired) electrons. The van der Waals surface area contributed by atoms with Crippen molar-refractivity contribution >= 4 is 51.3 Å². The minimum Gasteiger partial charge on any atom is -0.444 e. The number of benzene rings is 2. The Kier molecular flexibility index (Phi) is 8.49. The van der Waals surface area contributed by atoms with Gasteiger partial charge < -0.3 is 20.7 Å². The fraction of sp³-hybridized carbons (Fsp3) is 0.393. The summed E-state index contributed by atoms with van der Waals surface area (Å²) in [6.07, 6.45) is 4.38. The van der Waals surface area contributed by atoms with Crippen LogP contribution in [0.15, 0.2) is 53.0 Å². The van der Waals surface area contributed by atoms with Gasteiger partial charge in [0.25, 0.3) is 0 Å². The molecule has 0 spiro atoms. The van der Waals surface area contributed by atoms with Gasteiger partial charge >= 0.3 is 6.09 Å². The predicted octanol–water partition coefficient (Wildman–Crippen LogP) is 5.38. The number of nitrogens with one attached hydrogen (secondary N) is 1. The van der Waals surface area contributed by atoms with Crippen LogP contribution in [0.3, 0.4) is 0 Å². The zero-order valence-corrected chi connectivity index (χ0v) is 23.8. The van der Waals surface area contributed by atoms with Crippen LogP contribution >= 0.6 is 15.9 Å². The molecule has 198 valence electrons. The number of carbonyl (C=O) groups is 3. The van der Waals surface area contributed by atoms with Crippen LogP contribution in [0.25, 0.3) is 0 Å². The lowest BCUT2D eigenvalue weighted by molar-refractivity contribution is -0.121. The van der Waals surface area contributed by atoms with E-state index >= 15 is 0 Å². The number of amides is 2. The third-order valence-corrected chi connectivity index (χ3v) is 6.84. The normalized spacial score (nSPS) is 18.1. The summed E-state index contributed by atoms with van der Waals surface area (Å²) in [5.74, 6) is -0.0977. The monoisotopic (exact) mass is 570 g/mol. The van der Waals surface area contributed by atoms with Gasteiger partial charge in [-0.3, -0.25) is 14.5 Å². The van der Waals surface area contributed by atoms with E-state index in [9.17, 15) is 14.4 Å². The van der Waals surface area contributed by atoms with E-state index in [0.717, 1.165) is 23.2 Å². The number of rotatable bonds is 4. The molecule has 0 aromatic heterocycles. The van der Waals surface area contributed by atoms with E-state index in [2.05, 4.69) is 27.0 Å². The number of aldehydes is 1. The number of hydrogen-bond acceptors (Lipinski definition) is 6. The minimum absolute atomic E-state index is 0.0977. The fourth-order valence-electron chi connectivity index (χ4n) is 4.42. The summed E-state index contributed by atoms with van der Waals surface area (Å²) in [7, 11) is 1.50. The molecular formula is C28H35BrN4O4. The average molecular weight is 572 g/mol. The topological polar surface area (TPSA) is 105 Å². The highest BCUT2D eigenvalue weighted by Gasteiger charge is 2.45. The summed E-state index contributed by atoms with van der Waals surface area (Å²) in [6.45, 7) is 10.3. The molecule has 8 nitrogen and oxygen atoms in total. The van der Waals surface area contributed by atoms with Gasteiger partial charge in [-0.05, 0) is 87.4 Å². The third-order valence-electron chi connectivity index (χ3n) is 6.15. The van der Waals surface area contributed by atoms with Crippen molar-refractivity contribution in [2.75, 3.05) is 30.4 Å². The molecule has 4 rings (SSSR count). The van der Waals surface area contributed by atoms with E-state index in [4.69, 9.17) is 4.74 Å². The first-order valence-electron chi connectivity index (χ1n) is 12.1. The first-order chi connectivity index (χ1) is 17.4. The van der Waals surface area contributed by atoms with Crippen molar-refractivity contribution in [3.8, 4) is 0 Å². The lowest BCUT2D eigenvalue weighted by Gasteiger charge is -2.32. The van der Waals surface area contributed by atoms with Gasteiger partial charge in [0.15, 0.2) is 6.29 Å². The highest BCUT2D eigenvalue weighted by molar-refractivity contribution is 9.10. The number of fused-ring (bicyclic) bond motifs is 1. The van der Waals surface area contributed by atoms with E-state index in [1.807, 2.05) is 71.0 Å². The Morgan fingerprint density at radius 2 is 1.89 bits per heavy atom. The molecule has 0 saturated carbocycles. The molecule has 2 aromatic rings. The molecule has 2 aliphatic heterocycles. The number of nitrogens with zero attached hydrogens (tertiary/aromatic N) is 2. The van der Waals surface area contributed by atoms with Gasteiger partial charge in [0.05, 0.1) is 28.4 Å². The Labute approximate surface area is 227 Å². The van der Waals surface area contributed by atoms with Crippen LogP contribution in [0, 0.1) is 0 Å². The van der Waals surface area contributed by atoms with Gasteiger partial charge in [-0.1, -0.05) is 24.3 Å². The third kappa shape index (κ3) is 5.88. The molecule has 3 N–H and O–H groups in total. The average Bonchev–Trinajstić information content (AvgIpc) is 3.04. The molecule has 2 amide bonds. The zero-order chi connectivity index (χ0) is 27.5. The maximum absolute atomic E-state index is 13.5. The summed E-state index contributed by atoms with van der Waals surface area (Å²) in [5, 5.41) is 3.46. The molecule has 0 saturated heterocycles. The first kappa shape index (κ1) is 28.4. The second-order valence-electron chi connectivity index (χ2n) is 10.4. The first-order valence-corrected chi connectivity index (χ1v) is 12.9. The fourth-order valence-corrected chi connectivity index (χ4v) is 4.87. The zero-order valence-electron chi connectivity index (χ0n) is 22.2. The van der Waals surface area contributed by atoms with Crippen molar-refractivity contribution in [3.63, 3.8) is 0 Å². The quantitative estimate of drug-likeness (QED) is 0.377. The predicted molar refractivity (Wildman–Crippen MR) is 151 cm³/mol. The molecule has 0 fully saturated rings. The summed E-state index contributed by atoms with van der Waals surface area (Å²) >= 11 is 3.43. The van der Waals surface area contributed by atoms with Crippen molar-refractivity contribution in [3.05, 3.63) is 64.1 Å². The van der Waals surface area contributed by atoms with Crippen molar-refractivity contribution in [2.45, 2.75) is 51.7 Å². The van der Waals surface area contributed by atoms with Gasteiger partial charge in [-0.25, -0.2) is 4.79 Å². The van der Waals surface area contributed by atoms with Crippen LogP contribution in [-0.4, -0.2) is 55.0 Å². The number of ether oxygens (including phenoxy) is 1. The number of carbonyl (C=O) groups excluding carboxylic acids is 3. The summed E-state index contributed by atoms with van der Waals surface area (Å²) in [6, 6.07) is 11.1. The van der Waals surface area contributed by atoms with E-state index in [1.54, 1.807) is 21.9 Å². The highest BCUT2D eigenvalue weighted by atomic mass is 79.9. The molecule has 0 bridgehead atoms. The van der Waals surface area contributed by atoms with E-state index < -0.39 is 11.0 Å². The van der Waals surface area contributed by atoms with E-state index in [-0.39, 0.29) is 18.0 Å². The van der Waals surface area contributed by atoms with Crippen LogP contribution in [-0.2, 0) is 14.9 Å². The number of hydrogen-bond donors (Lipinski definition) is 2. The molecule has 2 aliphatic rings. The van der Waals surface area contributed by atoms with E-state index in [1.165, 1.54) is 7.05 Å². The summed E-state index contributed by atoms with van der Waals surface area (Å²) < 4.78 is 6.15. The second-order valence-corrected chi connectivity index (χ2v) is 11.2. The van der Waals surface area contributed by atoms with Crippen LogP contribution in [0.1, 0.15) is 50.5 Å². The highest BCUT2D eigenvalue weighted by Crippen LogP contribution is 2.47. The number of halogens is 1. The molecule has 2 aromatic carbocycles. The molecule has 0 aliphatic carbocycles. The Hall–Kier alpha value is -3.17. The van der Waals surface area contributed by atoms with E-state index in [0.29, 0.717) is 28.8 Å². The Balaban J connectivity index is 0.00000186. The SMILES string of the molecule is CC(C)(C)OC(=O)N1CC=CC(Nc2ccc3c(c2)N(c2cccc(Br)c2C=O)C(=O)C3(C)C)C1.CN.